The molecule has 0 aliphatic rings. The van der Waals surface area contributed by atoms with E-state index in [4.69, 9.17) is 18.2 Å². The van der Waals surface area contributed by atoms with Crippen molar-refractivity contribution in [2.24, 2.45) is 7.05 Å². The maximum absolute atomic E-state index is 13.8. The molecule has 26 nitrogen and oxygen atoms in total. The summed E-state index contributed by atoms with van der Waals surface area (Å²) in [4.78, 5) is 43.5. The van der Waals surface area contributed by atoms with Crippen LogP contribution in [0.5, 0.6) is 0 Å². The summed E-state index contributed by atoms with van der Waals surface area (Å²) in [5, 5.41) is 37.7. The normalized spacial score (nSPS) is 11.0. The van der Waals surface area contributed by atoms with Crippen molar-refractivity contribution in [1.29, 1.82) is 0 Å². The molecule has 0 amide bonds. The van der Waals surface area contributed by atoms with Gasteiger partial charge in [-0.2, -0.15) is 71.1 Å². The van der Waals surface area contributed by atoms with Crippen molar-refractivity contribution in [3.63, 3.8) is 0 Å². The molecule has 7 aromatic carbocycles. The molecular weight excluding hydrogens is 2630 g/mol. The molecule has 0 saturated heterocycles. The second kappa shape index (κ2) is 42.5. The van der Waals surface area contributed by atoms with Crippen LogP contribution in [0.15, 0.2) is 193 Å². The summed E-state index contributed by atoms with van der Waals surface area (Å²) in [7, 11) is 1.98. The maximum atomic E-state index is 13.8. The van der Waals surface area contributed by atoms with Gasteiger partial charge in [0.2, 0.25) is 0 Å². The number of pyridine rings is 4. The number of thiazole rings is 4. The van der Waals surface area contributed by atoms with Crippen LogP contribution in [0.25, 0.3) is 159 Å². The van der Waals surface area contributed by atoms with Crippen LogP contribution < -0.4 is 4.52 Å². The Morgan fingerprint density at radius 2 is 1.02 bits per heavy atom. The third-order valence-corrected chi connectivity index (χ3v) is 24.3. The Bertz CT molecular complexity index is 7720. The first kappa shape index (κ1) is 99.4. The zero-order valence-electron chi connectivity index (χ0n) is 73.4. The molecule has 0 unspecified atom stereocenters. The SMILES string of the molecule is CC(C)(C)n1c(F)nnc1-c1[c-]nc2scnc2c1.CC(C)c1cccc(C(C)C)c1-n1c(-c2[c-]cc3scnc3c2)n[n+]2ccccc12.Cc1cccc(C)c1-n1c(C)nnc1-c1[c-]cc2c(c1)ncn2C.[C-]#[N+]c1cc(C)c(-n2cnnc2-c2[c-]nc3scnc3c2)c(C)c1.[C-]#[N+]c1nnc(-c2[c-]cc3scnc3n2)n1-c1c(C)cc(-c2ccccc2)cc1C.[Ir].[Ir].[Ir].[Ir].[Ir]. The largest absolute Gasteiger partial charge is 0.396 e. The van der Waals surface area contributed by atoms with Gasteiger partial charge in [0.05, 0.1) is 67.8 Å². The molecule has 0 bridgehead atoms. The second-order valence-electron chi connectivity index (χ2n) is 31.7. The van der Waals surface area contributed by atoms with Crippen molar-refractivity contribution in [3.05, 3.63) is 302 Å². The number of benzene rings is 7. The molecule has 0 fully saturated rings. The van der Waals surface area contributed by atoms with E-state index in [9.17, 15) is 4.39 Å². The minimum Gasteiger partial charge on any atom is -0.396 e. The Labute approximate surface area is 844 Å². The zero-order valence-corrected chi connectivity index (χ0v) is 88.7. The van der Waals surface area contributed by atoms with Crippen LogP contribution >= 0.6 is 45.3 Å². The summed E-state index contributed by atoms with van der Waals surface area (Å²) in [6.45, 7) is 43.7. The van der Waals surface area contributed by atoms with E-state index in [2.05, 4.69) is 250 Å². The molecule has 5 radical (unpaired) electrons. The van der Waals surface area contributed by atoms with Crippen molar-refractivity contribution in [2.45, 2.75) is 114 Å². The molecule has 0 N–H and O–H groups in total. The van der Waals surface area contributed by atoms with Crippen molar-refractivity contribution in [3.8, 4) is 90.9 Å². The Hall–Kier alpha value is -11.6. The summed E-state index contributed by atoms with van der Waals surface area (Å²) >= 11 is 6.06. The molecule has 21 aromatic rings. The van der Waals surface area contributed by atoms with E-state index in [0.717, 1.165) is 137 Å². The molecule has 14 heterocycles. The number of hydrogen-bond donors (Lipinski definition) is 0. The van der Waals surface area contributed by atoms with E-state index in [1.165, 1.54) is 66.5 Å². The molecule has 673 valence electrons. The Kier molecular flexibility index (Phi) is 32.0. The molecular formula is C96H79FIr5N26S4-4. The Balaban J connectivity index is 0.000000149. The van der Waals surface area contributed by atoms with Gasteiger partial charge in [-0.1, -0.05) is 134 Å². The molecule has 14 aromatic heterocycles. The first-order valence-electron chi connectivity index (χ1n) is 40.4. The van der Waals surface area contributed by atoms with Gasteiger partial charge >= 0.3 is 17.7 Å². The van der Waals surface area contributed by atoms with Crippen molar-refractivity contribution in [1.82, 2.24) is 113 Å². The number of para-hydroxylation sites is 2. The van der Waals surface area contributed by atoms with Crippen LogP contribution in [-0.4, -0.2) is 113 Å². The summed E-state index contributed by atoms with van der Waals surface area (Å²) in [5.41, 5.74) is 32.7. The van der Waals surface area contributed by atoms with Crippen molar-refractivity contribution in [2.75, 3.05) is 0 Å². The predicted octanol–water partition coefficient (Wildman–Crippen LogP) is 21.6. The number of aryl methyl sites for hydroxylation is 8. The topological polar surface area (TPSA) is 262 Å². The number of aromatic nitrogens is 24. The fourth-order valence-corrected chi connectivity index (χ4v) is 17.9. The standard InChI is InChI=1S/C25H24N4S.C23H15N6S.C19H18N5.C17H11N6S.C12H11FN5S.5Ir/c1-16(2)19-8-7-9-20(17(3)4)24(19)29-23-10-5-6-13-28(23)27-25(29)18-11-12-22-21(14-18)26-15-30-22;1-14-11-17(16-7-5-4-6-8-16)12-15(2)20(14)29-22(27-28-23(29)24-3)18-9-10-19-21(26-18)25-13-30-19;1-12-6-5-7-13(2)18(12)24-14(3)21-22-19(24)15-8-9-17-16(10-15)20-11-23(17)4;1-10-4-13(18-3)5-11(2)15(10)23-8-21-22-16(23)12-6-14-17(19-7-12)24-9-20-14;1-12(2,3)18-9(16-17-11(18)13)7-4-8-10(14-5-7)19-6-15-8;;;;;/h5-10,12-17H,1-4H3;4-8,10-13H,1-2H3;5-7,9-11H,1-4H3;4-6,8-9H,1-2H3;4,6H,1-3H3;;;;;/q;4*-1;;;;;. The fourth-order valence-electron chi connectivity index (χ4n) is 15.5. The number of fused-ring (bicyclic) bond motifs is 6. The van der Waals surface area contributed by atoms with E-state index in [-0.39, 0.29) is 106 Å². The molecule has 21 rings (SSSR count). The van der Waals surface area contributed by atoms with E-state index >= 15 is 0 Å². The van der Waals surface area contributed by atoms with E-state index in [1.807, 2.05) is 161 Å². The number of nitrogens with zero attached hydrogens (tertiary/aromatic N) is 26. The third-order valence-electron chi connectivity index (χ3n) is 21.3. The molecule has 0 atom stereocenters. The smallest absolute Gasteiger partial charge is 0.354 e. The van der Waals surface area contributed by atoms with Gasteiger partial charge in [0.25, 0.3) is 0 Å². The van der Waals surface area contributed by atoms with Crippen molar-refractivity contribution >= 4 is 115 Å². The van der Waals surface area contributed by atoms with Gasteiger partial charge in [0.15, 0.2) is 11.5 Å². The molecule has 0 spiro atoms. The van der Waals surface area contributed by atoms with Crippen LogP contribution in [0, 0.1) is 98.3 Å². The van der Waals surface area contributed by atoms with Gasteiger partial charge < -0.3 is 33.1 Å². The molecule has 132 heavy (non-hydrogen) atoms. The molecule has 36 heteroatoms. The minimum atomic E-state index is -0.616. The average molecular weight is 2710 g/mol. The number of rotatable bonds is 12. The van der Waals surface area contributed by atoms with Gasteiger partial charge in [0.1, 0.15) is 35.5 Å². The van der Waals surface area contributed by atoms with E-state index in [0.29, 0.717) is 51.9 Å². The van der Waals surface area contributed by atoms with Crippen molar-refractivity contribution < 1.29 is 109 Å². The Morgan fingerprint density at radius 1 is 0.462 bits per heavy atom. The first-order valence-corrected chi connectivity index (χ1v) is 43.9. The first-order chi connectivity index (χ1) is 61.4. The van der Waals surface area contributed by atoms with Crippen LogP contribution in [0.1, 0.15) is 111 Å². The van der Waals surface area contributed by atoms with Gasteiger partial charge in [0, 0.05) is 164 Å². The number of imidazole rings is 1. The summed E-state index contributed by atoms with van der Waals surface area (Å²) < 4.78 is 29.3. The average Bonchev–Trinajstić information content (AvgIpc) is 1.59. The molecule has 0 saturated carbocycles. The van der Waals surface area contributed by atoms with E-state index < -0.39 is 11.6 Å². The van der Waals surface area contributed by atoms with Gasteiger partial charge in [-0.05, 0) is 182 Å². The number of hydrogen-bond acceptors (Lipinski definition) is 21. The monoisotopic (exact) mass is 2710 g/mol. The van der Waals surface area contributed by atoms with Crippen LogP contribution in [0.2, 0.25) is 0 Å². The van der Waals surface area contributed by atoms with Crippen LogP contribution in [0.4, 0.5) is 16.0 Å². The van der Waals surface area contributed by atoms with Gasteiger partial charge in [-0.15, -0.1) is 91.6 Å². The quantitative estimate of drug-likeness (QED) is 0.0813. The molecule has 0 aliphatic carbocycles. The fraction of sp³-hybridized carbons (Fsp3) is 0.188. The number of halogens is 1. The maximum Gasteiger partial charge on any atom is 0.354 e. The van der Waals surface area contributed by atoms with Gasteiger partial charge in [-0.3, -0.25) is 29.5 Å². The predicted molar refractivity (Wildman–Crippen MR) is 497 cm³/mol. The Morgan fingerprint density at radius 3 is 1.67 bits per heavy atom. The second-order valence-corrected chi connectivity index (χ2v) is 35.2. The zero-order chi connectivity index (χ0) is 88.6. The van der Waals surface area contributed by atoms with Crippen LogP contribution in [-0.2, 0) is 113 Å². The minimum absolute atomic E-state index is 0. The third kappa shape index (κ3) is 20.2. The van der Waals surface area contributed by atoms with E-state index in [1.54, 1.807) is 44.8 Å². The summed E-state index contributed by atoms with van der Waals surface area (Å²) in [6, 6.07) is 61.0. The van der Waals surface area contributed by atoms with Gasteiger partial charge in [-0.25, -0.2) is 14.4 Å². The van der Waals surface area contributed by atoms with Crippen LogP contribution in [0.3, 0.4) is 0 Å². The molecule has 0 aliphatic heterocycles. The summed E-state index contributed by atoms with van der Waals surface area (Å²) in [6.07, 6.45) is 10.8. The summed E-state index contributed by atoms with van der Waals surface area (Å²) in [5.74, 6) is 5.05.